The van der Waals surface area contributed by atoms with Gasteiger partial charge < -0.3 is 16.4 Å². The smallest absolute Gasteiger partial charge is 0.221 e. The summed E-state index contributed by atoms with van der Waals surface area (Å²) < 4.78 is 17.0. The van der Waals surface area contributed by atoms with E-state index in [0.717, 1.165) is 28.0 Å². The number of nitrogen functional groups attached to an aromatic ring is 1. The standard InChI is InChI=1S/C35H30FN7O2/c1-22(45)40-32-26(21-44)12-11-25(31(32)36)17-19-38-20-23-9-13-27(14-10-23)43-34(28-8-5-18-39-33(28)37)42-30-16-15-29(41-35(30)43)24-6-3-2-4-7-24/h2-16,18,21,38H,17,19-20H2,1H3,(H2,37,39)(H,40,45). The summed E-state index contributed by atoms with van der Waals surface area (Å²) in [7, 11) is 0. The van der Waals surface area contributed by atoms with Crippen LogP contribution in [0.4, 0.5) is 15.9 Å². The SMILES string of the molecule is CC(=O)Nc1c(C=O)ccc(CCNCc2ccc(-n3c(-c4cccnc4N)nc4ccc(-c5ccccc5)nc43)cc2)c1F. The lowest BCUT2D eigenvalue weighted by Crippen LogP contribution is -2.18. The van der Waals surface area contributed by atoms with Gasteiger partial charge in [0.25, 0.3) is 0 Å². The number of benzene rings is 3. The summed E-state index contributed by atoms with van der Waals surface area (Å²) in [5, 5.41) is 5.76. The van der Waals surface area contributed by atoms with Gasteiger partial charge >= 0.3 is 0 Å². The van der Waals surface area contributed by atoms with Crippen LogP contribution >= 0.6 is 0 Å². The Morgan fingerprint density at radius 3 is 2.49 bits per heavy atom. The third kappa shape index (κ3) is 6.17. The Hall–Kier alpha value is -5.74. The van der Waals surface area contributed by atoms with Crippen LogP contribution in [-0.4, -0.2) is 38.3 Å². The molecule has 1 amide bonds. The molecule has 10 heteroatoms. The van der Waals surface area contributed by atoms with Crippen LogP contribution in [0.3, 0.4) is 0 Å². The highest BCUT2D eigenvalue weighted by Gasteiger charge is 2.19. The number of carbonyl (C=O) groups is 2. The molecule has 3 aromatic heterocycles. The number of amides is 1. The monoisotopic (exact) mass is 599 g/mol. The topological polar surface area (TPSA) is 128 Å². The van der Waals surface area contributed by atoms with Gasteiger partial charge in [-0.15, -0.1) is 0 Å². The largest absolute Gasteiger partial charge is 0.383 e. The Balaban J connectivity index is 1.24. The summed E-state index contributed by atoms with van der Waals surface area (Å²) in [4.78, 5) is 36.9. The zero-order valence-electron chi connectivity index (χ0n) is 24.5. The van der Waals surface area contributed by atoms with Crippen LogP contribution < -0.4 is 16.4 Å². The molecule has 0 aliphatic heterocycles. The molecule has 3 aromatic carbocycles. The van der Waals surface area contributed by atoms with Gasteiger partial charge in [0.05, 0.1) is 16.9 Å². The van der Waals surface area contributed by atoms with E-state index in [1.807, 2.05) is 83.4 Å². The molecule has 0 aliphatic rings. The molecule has 0 spiro atoms. The maximum atomic E-state index is 15.0. The number of nitrogens with two attached hydrogens (primary N) is 1. The van der Waals surface area contributed by atoms with Gasteiger partial charge in [0, 0.05) is 36.5 Å². The van der Waals surface area contributed by atoms with Crippen molar-refractivity contribution < 1.29 is 14.0 Å². The van der Waals surface area contributed by atoms with E-state index >= 15 is 0 Å². The average molecular weight is 600 g/mol. The van der Waals surface area contributed by atoms with Crippen molar-refractivity contribution in [2.24, 2.45) is 0 Å². The number of pyridine rings is 2. The minimum absolute atomic E-state index is 0.0876. The molecule has 0 saturated heterocycles. The molecular weight excluding hydrogens is 569 g/mol. The number of nitrogens with zero attached hydrogens (tertiary/aromatic N) is 4. The lowest BCUT2D eigenvalue weighted by molar-refractivity contribution is -0.114. The van der Waals surface area contributed by atoms with E-state index in [9.17, 15) is 14.0 Å². The van der Waals surface area contributed by atoms with Gasteiger partial charge in [0.1, 0.15) is 11.3 Å². The van der Waals surface area contributed by atoms with Crippen LogP contribution in [0.15, 0.2) is 97.2 Å². The minimum atomic E-state index is -0.595. The van der Waals surface area contributed by atoms with Gasteiger partial charge in [-0.2, -0.15) is 0 Å². The summed E-state index contributed by atoms with van der Waals surface area (Å²) in [6.07, 6.45) is 2.55. The van der Waals surface area contributed by atoms with Crippen molar-refractivity contribution in [1.82, 2.24) is 24.8 Å². The summed E-state index contributed by atoms with van der Waals surface area (Å²) in [6.45, 7) is 2.31. The maximum absolute atomic E-state index is 15.0. The van der Waals surface area contributed by atoms with Gasteiger partial charge in [-0.3, -0.25) is 14.2 Å². The van der Waals surface area contributed by atoms with Crippen molar-refractivity contribution >= 4 is 34.9 Å². The average Bonchev–Trinajstić information content (AvgIpc) is 3.44. The third-order valence-corrected chi connectivity index (χ3v) is 7.43. The molecule has 224 valence electrons. The molecule has 3 heterocycles. The normalized spacial score (nSPS) is 11.1. The van der Waals surface area contributed by atoms with E-state index in [0.29, 0.717) is 54.2 Å². The zero-order chi connectivity index (χ0) is 31.3. The molecule has 9 nitrogen and oxygen atoms in total. The van der Waals surface area contributed by atoms with E-state index in [1.54, 1.807) is 12.3 Å². The fourth-order valence-corrected chi connectivity index (χ4v) is 5.21. The van der Waals surface area contributed by atoms with Gasteiger partial charge in [-0.25, -0.2) is 19.3 Å². The van der Waals surface area contributed by atoms with E-state index in [2.05, 4.69) is 15.6 Å². The predicted molar refractivity (Wildman–Crippen MR) is 173 cm³/mol. The fourth-order valence-electron chi connectivity index (χ4n) is 5.21. The number of hydrogen-bond donors (Lipinski definition) is 3. The van der Waals surface area contributed by atoms with Crippen LogP contribution in [-0.2, 0) is 17.8 Å². The lowest BCUT2D eigenvalue weighted by Gasteiger charge is -2.13. The molecule has 0 radical (unpaired) electrons. The number of imidazole rings is 1. The van der Waals surface area contributed by atoms with Crippen molar-refractivity contribution in [3.05, 3.63) is 120 Å². The molecule has 0 bridgehead atoms. The van der Waals surface area contributed by atoms with Crippen molar-refractivity contribution in [2.45, 2.75) is 19.9 Å². The van der Waals surface area contributed by atoms with Gasteiger partial charge in [0.2, 0.25) is 5.91 Å². The van der Waals surface area contributed by atoms with Crippen LogP contribution in [0.25, 0.3) is 39.5 Å². The number of anilines is 2. The Morgan fingerprint density at radius 1 is 0.956 bits per heavy atom. The zero-order valence-corrected chi connectivity index (χ0v) is 24.5. The molecule has 0 unspecified atom stereocenters. The summed E-state index contributed by atoms with van der Waals surface area (Å²) >= 11 is 0. The first-order valence-corrected chi connectivity index (χ1v) is 14.4. The summed E-state index contributed by atoms with van der Waals surface area (Å²) in [6, 6.07) is 28.7. The number of aromatic nitrogens is 4. The minimum Gasteiger partial charge on any atom is -0.383 e. The Kier molecular flexibility index (Phi) is 8.39. The third-order valence-electron chi connectivity index (χ3n) is 7.43. The number of carbonyl (C=O) groups excluding carboxylic acids is 2. The van der Waals surface area contributed by atoms with Gasteiger partial charge in [-0.05, 0) is 66.6 Å². The quantitative estimate of drug-likeness (QED) is 0.131. The molecule has 6 rings (SSSR count). The van der Waals surface area contributed by atoms with Crippen molar-refractivity contribution in [1.29, 1.82) is 0 Å². The second-order valence-electron chi connectivity index (χ2n) is 10.5. The van der Waals surface area contributed by atoms with E-state index < -0.39 is 11.7 Å². The maximum Gasteiger partial charge on any atom is 0.221 e. The predicted octanol–water partition coefficient (Wildman–Crippen LogP) is 5.97. The molecule has 45 heavy (non-hydrogen) atoms. The van der Waals surface area contributed by atoms with Crippen LogP contribution in [0.2, 0.25) is 0 Å². The first-order valence-electron chi connectivity index (χ1n) is 14.4. The second kappa shape index (κ2) is 12.9. The summed E-state index contributed by atoms with van der Waals surface area (Å²) in [5.41, 5.74) is 12.6. The van der Waals surface area contributed by atoms with E-state index in [-0.39, 0.29) is 11.3 Å². The van der Waals surface area contributed by atoms with E-state index in [4.69, 9.17) is 15.7 Å². The number of fused-ring (bicyclic) bond motifs is 1. The molecule has 0 saturated carbocycles. The highest BCUT2D eigenvalue weighted by atomic mass is 19.1. The lowest BCUT2D eigenvalue weighted by atomic mass is 10.1. The van der Waals surface area contributed by atoms with Gasteiger partial charge in [0.15, 0.2) is 23.6 Å². The molecule has 4 N–H and O–H groups in total. The second-order valence-corrected chi connectivity index (χ2v) is 10.5. The first kappa shape index (κ1) is 29.3. The molecule has 0 aliphatic carbocycles. The Bertz CT molecular complexity index is 2010. The van der Waals surface area contributed by atoms with Gasteiger partial charge in [-0.1, -0.05) is 48.5 Å². The molecular formula is C35H30FN7O2. The number of halogens is 1. The van der Waals surface area contributed by atoms with Crippen molar-refractivity contribution in [3.8, 4) is 28.3 Å². The number of aldehydes is 1. The van der Waals surface area contributed by atoms with Crippen molar-refractivity contribution in [3.63, 3.8) is 0 Å². The first-order chi connectivity index (χ1) is 21.9. The highest BCUT2D eigenvalue weighted by molar-refractivity contribution is 5.95. The highest BCUT2D eigenvalue weighted by Crippen LogP contribution is 2.32. The van der Waals surface area contributed by atoms with Crippen LogP contribution in [0.1, 0.15) is 28.4 Å². The number of nitrogens with one attached hydrogen (secondary N) is 2. The van der Waals surface area contributed by atoms with Crippen LogP contribution in [0, 0.1) is 5.82 Å². The van der Waals surface area contributed by atoms with E-state index in [1.165, 1.54) is 13.0 Å². The molecule has 0 atom stereocenters. The van der Waals surface area contributed by atoms with Crippen molar-refractivity contribution in [2.75, 3.05) is 17.6 Å². The fraction of sp³-hybridized carbons (Fsp3) is 0.114. The number of hydrogen-bond acceptors (Lipinski definition) is 7. The van der Waals surface area contributed by atoms with Crippen LogP contribution in [0.5, 0.6) is 0 Å². The molecule has 0 fully saturated rings. The Labute approximate surface area is 259 Å². The number of rotatable bonds is 10. The Morgan fingerprint density at radius 2 is 1.76 bits per heavy atom. The summed E-state index contributed by atoms with van der Waals surface area (Å²) in [5.74, 6) is -0.0227. The molecule has 6 aromatic rings.